The van der Waals surface area contributed by atoms with Crippen LogP contribution in [0.15, 0.2) is 36.4 Å². The number of phenolic OH excluding ortho intramolecular Hbond substituents is 1. The number of halogens is 1. The zero-order chi connectivity index (χ0) is 23.1. The van der Waals surface area contributed by atoms with Gasteiger partial charge in [0, 0.05) is 36.0 Å². The maximum absolute atomic E-state index is 14.9. The standard InChI is InChI=1S/C25H23FN6O/c1-14-11-17(19(26)12-20(14)33)23-18(13-27)21(22-24(28)30-31-25(22)29-23)15-5-7-16(8-6-15)32-9-3-2-4-10-32/h5-8,11-12,33H,2-4,9-10H2,1H3,(H3,28,29,30,31). The molecule has 0 atom stereocenters. The van der Waals surface area contributed by atoms with Gasteiger partial charge in [0.1, 0.15) is 23.5 Å². The van der Waals surface area contributed by atoms with Crippen LogP contribution in [0.1, 0.15) is 30.4 Å². The number of pyridine rings is 1. The fraction of sp³-hybridized carbons (Fsp3) is 0.240. The second-order valence-corrected chi connectivity index (χ2v) is 8.37. The molecule has 1 saturated heterocycles. The molecule has 166 valence electrons. The Morgan fingerprint density at radius 3 is 2.58 bits per heavy atom. The minimum absolute atomic E-state index is 0.122. The quantitative estimate of drug-likeness (QED) is 0.416. The van der Waals surface area contributed by atoms with Crippen molar-refractivity contribution in [3.8, 4) is 34.2 Å². The number of aromatic hydroxyl groups is 1. The molecule has 8 heteroatoms. The molecular weight excluding hydrogens is 419 g/mol. The Hall–Kier alpha value is -4.12. The number of anilines is 2. The molecule has 3 heterocycles. The number of hydrogen-bond donors (Lipinski definition) is 3. The van der Waals surface area contributed by atoms with Crippen LogP contribution in [0.3, 0.4) is 0 Å². The van der Waals surface area contributed by atoms with E-state index in [0.717, 1.165) is 30.4 Å². The van der Waals surface area contributed by atoms with E-state index in [2.05, 4.69) is 26.2 Å². The van der Waals surface area contributed by atoms with E-state index in [1.54, 1.807) is 6.92 Å². The third-order valence-corrected chi connectivity index (χ3v) is 6.26. The van der Waals surface area contributed by atoms with Crippen LogP contribution in [0.2, 0.25) is 0 Å². The summed E-state index contributed by atoms with van der Waals surface area (Å²) in [6.45, 7) is 3.72. The molecule has 0 unspecified atom stereocenters. The fourth-order valence-electron chi connectivity index (χ4n) is 4.51. The van der Waals surface area contributed by atoms with E-state index in [1.165, 1.54) is 25.3 Å². The first-order valence-electron chi connectivity index (χ1n) is 10.9. The number of nitriles is 1. The summed E-state index contributed by atoms with van der Waals surface area (Å²) in [5.74, 6) is -0.539. The van der Waals surface area contributed by atoms with E-state index >= 15 is 0 Å². The molecule has 7 nitrogen and oxygen atoms in total. The third kappa shape index (κ3) is 3.52. The van der Waals surface area contributed by atoms with Gasteiger partial charge in [-0.3, -0.25) is 5.10 Å². The lowest BCUT2D eigenvalue weighted by Gasteiger charge is -2.29. The van der Waals surface area contributed by atoms with Crippen LogP contribution in [0.5, 0.6) is 5.75 Å². The first kappa shape index (κ1) is 20.8. The summed E-state index contributed by atoms with van der Waals surface area (Å²) in [6, 6.07) is 12.7. The molecule has 0 bridgehead atoms. The lowest BCUT2D eigenvalue weighted by Crippen LogP contribution is -2.29. The summed E-state index contributed by atoms with van der Waals surface area (Å²) in [7, 11) is 0. The van der Waals surface area contributed by atoms with Gasteiger partial charge in [-0.15, -0.1) is 0 Å². The molecule has 1 aliphatic rings. The van der Waals surface area contributed by atoms with E-state index in [9.17, 15) is 14.8 Å². The van der Waals surface area contributed by atoms with Crippen LogP contribution in [-0.4, -0.2) is 33.4 Å². The van der Waals surface area contributed by atoms with Gasteiger partial charge < -0.3 is 15.7 Å². The highest BCUT2D eigenvalue weighted by Gasteiger charge is 2.24. The van der Waals surface area contributed by atoms with Crippen molar-refractivity contribution in [1.29, 1.82) is 5.26 Å². The van der Waals surface area contributed by atoms with Crippen LogP contribution in [0.25, 0.3) is 33.4 Å². The number of hydrogen-bond acceptors (Lipinski definition) is 6. The van der Waals surface area contributed by atoms with Gasteiger partial charge in [-0.05, 0) is 55.5 Å². The third-order valence-electron chi connectivity index (χ3n) is 6.26. The molecule has 0 amide bonds. The summed E-state index contributed by atoms with van der Waals surface area (Å²) in [6.07, 6.45) is 3.61. The fourth-order valence-corrected chi connectivity index (χ4v) is 4.51. The normalized spacial score (nSPS) is 13.9. The van der Waals surface area contributed by atoms with Crippen molar-refractivity contribution in [2.75, 3.05) is 23.7 Å². The smallest absolute Gasteiger partial charge is 0.184 e. The zero-order valence-electron chi connectivity index (χ0n) is 18.2. The molecular formula is C25H23FN6O. The number of aromatic nitrogens is 3. The first-order chi connectivity index (χ1) is 16.0. The van der Waals surface area contributed by atoms with Gasteiger partial charge in [-0.25, -0.2) is 9.37 Å². The minimum Gasteiger partial charge on any atom is -0.508 e. The van der Waals surface area contributed by atoms with Crippen molar-refractivity contribution >= 4 is 22.5 Å². The molecule has 5 rings (SSSR count). The highest BCUT2D eigenvalue weighted by molar-refractivity contribution is 6.04. The summed E-state index contributed by atoms with van der Waals surface area (Å²) < 4.78 is 14.9. The van der Waals surface area contributed by atoms with Crippen LogP contribution in [-0.2, 0) is 0 Å². The molecule has 1 fully saturated rings. The molecule has 0 radical (unpaired) electrons. The number of piperidine rings is 1. The molecule has 0 spiro atoms. The van der Waals surface area contributed by atoms with Gasteiger partial charge in [0.05, 0.1) is 16.6 Å². The Morgan fingerprint density at radius 1 is 1.15 bits per heavy atom. The zero-order valence-corrected chi connectivity index (χ0v) is 18.2. The second kappa shape index (κ2) is 8.10. The first-order valence-corrected chi connectivity index (χ1v) is 10.9. The number of phenols is 1. The molecule has 4 N–H and O–H groups in total. The van der Waals surface area contributed by atoms with Crippen molar-refractivity contribution < 1.29 is 9.50 Å². The number of nitrogens with zero attached hydrogens (tertiary/aromatic N) is 4. The highest BCUT2D eigenvalue weighted by atomic mass is 19.1. The number of rotatable bonds is 3. The topological polar surface area (TPSA) is 115 Å². The molecule has 2 aromatic heterocycles. The Labute approximate surface area is 190 Å². The predicted octanol–water partition coefficient (Wildman–Crippen LogP) is 4.89. The molecule has 33 heavy (non-hydrogen) atoms. The predicted molar refractivity (Wildman–Crippen MR) is 126 cm³/mol. The van der Waals surface area contributed by atoms with Gasteiger partial charge >= 0.3 is 0 Å². The number of benzene rings is 2. The average Bonchev–Trinajstić information content (AvgIpc) is 3.21. The van der Waals surface area contributed by atoms with Crippen molar-refractivity contribution in [1.82, 2.24) is 15.2 Å². The van der Waals surface area contributed by atoms with Gasteiger partial charge in [0.25, 0.3) is 0 Å². The molecule has 4 aromatic rings. The van der Waals surface area contributed by atoms with Crippen molar-refractivity contribution in [2.45, 2.75) is 26.2 Å². The maximum atomic E-state index is 14.9. The van der Waals surface area contributed by atoms with Gasteiger partial charge in [0.2, 0.25) is 0 Å². The number of fused-ring (bicyclic) bond motifs is 1. The van der Waals surface area contributed by atoms with Crippen molar-refractivity contribution in [3.63, 3.8) is 0 Å². The van der Waals surface area contributed by atoms with Crippen LogP contribution < -0.4 is 10.6 Å². The van der Waals surface area contributed by atoms with Crippen LogP contribution >= 0.6 is 0 Å². The Morgan fingerprint density at radius 2 is 1.88 bits per heavy atom. The summed E-state index contributed by atoms with van der Waals surface area (Å²) in [5, 5.41) is 27.4. The van der Waals surface area contributed by atoms with Crippen molar-refractivity contribution in [2.24, 2.45) is 0 Å². The van der Waals surface area contributed by atoms with Gasteiger partial charge in [0.15, 0.2) is 5.65 Å². The summed E-state index contributed by atoms with van der Waals surface area (Å²) in [5.41, 5.74) is 9.87. The Kier molecular flexibility index (Phi) is 5.09. The van der Waals surface area contributed by atoms with E-state index in [4.69, 9.17) is 5.73 Å². The molecule has 0 saturated carbocycles. The minimum atomic E-state index is -0.670. The highest BCUT2D eigenvalue weighted by Crippen LogP contribution is 2.40. The van der Waals surface area contributed by atoms with Gasteiger partial charge in [-0.2, -0.15) is 10.4 Å². The largest absolute Gasteiger partial charge is 0.508 e. The van der Waals surface area contributed by atoms with Crippen LogP contribution in [0, 0.1) is 24.1 Å². The van der Waals surface area contributed by atoms with Crippen LogP contribution in [0.4, 0.5) is 15.9 Å². The number of aryl methyl sites for hydroxylation is 1. The van der Waals surface area contributed by atoms with E-state index in [1.807, 2.05) is 24.3 Å². The van der Waals surface area contributed by atoms with E-state index in [0.29, 0.717) is 22.2 Å². The number of nitrogens with one attached hydrogen (secondary N) is 1. The molecule has 1 aliphatic heterocycles. The molecule has 0 aliphatic carbocycles. The SMILES string of the molecule is Cc1cc(-c2nc3n[nH]c(N)c3c(-c3ccc(N4CCCCC4)cc3)c2C#N)c(F)cc1O. The van der Waals surface area contributed by atoms with E-state index < -0.39 is 5.82 Å². The monoisotopic (exact) mass is 442 g/mol. The summed E-state index contributed by atoms with van der Waals surface area (Å²) in [4.78, 5) is 6.83. The van der Waals surface area contributed by atoms with Gasteiger partial charge in [-0.1, -0.05) is 12.1 Å². The number of aromatic amines is 1. The lowest BCUT2D eigenvalue weighted by molar-refractivity contribution is 0.465. The Balaban J connectivity index is 1.73. The average molecular weight is 442 g/mol. The number of nitrogens with two attached hydrogens (primary N) is 1. The maximum Gasteiger partial charge on any atom is 0.184 e. The van der Waals surface area contributed by atoms with Crippen molar-refractivity contribution in [3.05, 3.63) is 53.3 Å². The Bertz CT molecular complexity index is 1400. The second-order valence-electron chi connectivity index (χ2n) is 8.37. The number of H-pyrrole nitrogens is 1. The summed E-state index contributed by atoms with van der Waals surface area (Å²) >= 11 is 0. The lowest BCUT2D eigenvalue weighted by atomic mass is 9.93. The number of nitrogen functional groups attached to an aromatic ring is 1. The molecule has 2 aromatic carbocycles. The van der Waals surface area contributed by atoms with E-state index in [-0.39, 0.29) is 28.4 Å².